The van der Waals surface area contributed by atoms with Crippen molar-refractivity contribution in [2.45, 2.75) is 13.8 Å². The van der Waals surface area contributed by atoms with Crippen LogP contribution in [0.3, 0.4) is 0 Å². The molecule has 1 aromatic carbocycles. The minimum atomic E-state index is -0.167. The Morgan fingerprint density at radius 1 is 1.47 bits per heavy atom. The first-order valence-electron chi connectivity index (χ1n) is 4.50. The normalized spacial score (nSPS) is 9.53. The summed E-state index contributed by atoms with van der Waals surface area (Å²) in [5.74, 6) is 0.344. The van der Waals surface area contributed by atoms with Crippen LogP contribution in [0, 0.1) is 6.92 Å². The van der Waals surface area contributed by atoms with Gasteiger partial charge in [0.2, 0.25) is 5.91 Å². The number of methoxy groups -OCH3 is 1. The highest BCUT2D eigenvalue weighted by atomic mass is 16.5. The van der Waals surface area contributed by atoms with Crippen LogP contribution in [0.1, 0.15) is 22.8 Å². The van der Waals surface area contributed by atoms with E-state index in [4.69, 9.17) is 4.74 Å². The van der Waals surface area contributed by atoms with Gasteiger partial charge in [-0.05, 0) is 24.6 Å². The van der Waals surface area contributed by atoms with Crippen molar-refractivity contribution >= 4 is 17.9 Å². The van der Waals surface area contributed by atoms with Crippen molar-refractivity contribution in [2.75, 3.05) is 12.4 Å². The summed E-state index contributed by atoms with van der Waals surface area (Å²) in [6.45, 7) is 3.18. The molecule has 0 saturated heterocycles. The smallest absolute Gasteiger partial charge is 0.221 e. The predicted molar refractivity (Wildman–Crippen MR) is 57.4 cm³/mol. The quantitative estimate of drug-likeness (QED) is 0.768. The van der Waals surface area contributed by atoms with E-state index >= 15 is 0 Å². The van der Waals surface area contributed by atoms with Gasteiger partial charge in [0.15, 0.2) is 6.29 Å². The van der Waals surface area contributed by atoms with E-state index in [9.17, 15) is 9.59 Å². The van der Waals surface area contributed by atoms with Crippen molar-refractivity contribution < 1.29 is 14.3 Å². The number of aldehydes is 1. The Morgan fingerprint density at radius 3 is 2.60 bits per heavy atom. The molecule has 1 N–H and O–H groups in total. The van der Waals surface area contributed by atoms with Crippen molar-refractivity contribution in [3.8, 4) is 5.75 Å². The maximum atomic E-state index is 10.9. The highest BCUT2D eigenvalue weighted by Crippen LogP contribution is 2.26. The van der Waals surface area contributed by atoms with Crippen LogP contribution in [-0.2, 0) is 4.79 Å². The van der Waals surface area contributed by atoms with Gasteiger partial charge in [0.25, 0.3) is 0 Å². The van der Waals surface area contributed by atoms with Gasteiger partial charge in [-0.3, -0.25) is 9.59 Å². The molecule has 0 aromatic heterocycles. The van der Waals surface area contributed by atoms with E-state index in [-0.39, 0.29) is 5.91 Å². The fraction of sp³-hybridized carbons (Fsp3) is 0.273. The Hall–Kier alpha value is -1.84. The van der Waals surface area contributed by atoms with Gasteiger partial charge < -0.3 is 10.1 Å². The number of hydrogen-bond acceptors (Lipinski definition) is 3. The highest BCUT2D eigenvalue weighted by Gasteiger charge is 2.10. The Bertz CT molecular complexity index is 399. The van der Waals surface area contributed by atoms with E-state index in [2.05, 4.69) is 5.32 Å². The molecular weight excluding hydrogens is 194 g/mol. The molecule has 0 heterocycles. The number of benzene rings is 1. The van der Waals surface area contributed by atoms with Crippen LogP contribution in [-0.4, -0.2) is 19.3 Å². The molecule has 4 heteroatoms. The molecule has 0 fully saturated rings. The number of ether oxygens (including phenoxy) is 1. The Morgan fingerprint density at radius 2 is 2.13 bits per heavy atom. The van der Waals surface area contributed by atoms with Crippen molar-refractivity contribution in [3.05, 3.63) is 23.3 Å². The van der Waals surface area contributed by atoms with E-state index < -0.39 is 0 Å². The van der Waals surface area contributed by atoms with Gasteiger partial charge in [0.1, 0.15) is 5.75 Å². The number of nitrogens with one attached hydrogen (secondary N) is 1. The van der Waals surface area contributed by atoms with Crippen molar-refractivity contribution in [2.24, 2.45) is 0 Å². The van der Waals surface area contributed by atoms with Gasteiger partial charge in [0.05, 0.1) is 12.7 Å². The SMILES string of the molecule is COc1ccc(NC(C)=O)c(C)c1C=O. The summed E-state index contributed by atoms with van der Waals surface area (Å²) in [5, 5.41) is 2.65. The summed E-state index contributed by atoms with van der Waals surface area (Å²) in [6.07, 6.45) is 0.722. The van der Waals surface area contributed by atoms with Gasteiger partial charge in [-0.2, -0.15) is 0 Å². The van der Waals surface area contributed by atoms with Crippen molar-refractivity contribution in [1.29, 1.82) is 0 Å². The Labute approximate surface area is 88.2 Å². The van der Waals surface area contributed by atoms with Gasteiger partial charge in [-0.1, -0.05) is 0 Å². The van der Waals surface area contributed by atoms with Crippen LogP contribution in [0.4, 0.5) is 5.69 Å². The third-order valence-corrected chi connectivity index (χ3v) is 2.12. The highest BCUT2D eigenvalue weighted by molar-refractivity contribution is 5.93. The second kappa shape index (κ2) is 4.59. The van der Waals surface area contributed by atoms with E-state index in [0.29, 0.717) is 22.6 Å². The summed E-state index contributed by atoms with van der Waals surface area (Å²) in [5.41, 5.74) is 1.80. The van der Waals surface area contributed by atoms with E-state index in [1.165, 1.54) is 14.0 Å². The van der Waals surface area contributed by atoms with Gasteiger partial charge in [-0.25, -0.2) is 0 Å². The molecule has 80 valence electrons. The second-order valence-electron chi connectivity index (χ2n) is 3.15. The molecule has 0 aliphatic carbocycles. The molecule has 0 radical (unpaired) electrons. The van der Waals surface area contributed by atoms with Crippen LogP contribution >= 0.6 is 0 Å². The maximum absolute atomic E-state index is 10.9. The summed E-state index contributed by atoms with van der Waals surface area (Å²) in [7, 11) is 1.50. The molecule has 1 amide bonds. The third kappa shape index (κ3) is 2.34. The van der Waals surface area contributed by atoms with E-state index in [1.807, 2.05) is 0 Å². The molecule has 0 spiro atoms. The van der Waals surface area contributed by atoms with Crippen LogP contribution < -0.4 is 10.1 Å². The number of rotatable bonds is 3. The summed E-state index contributed by atoms with van der Waals surface area (Å²) in [6, 6.07) is 3.37. The zero-order valence-corrected chi connectivity index (χ0v) is 8.96. The number of amides is 1. The zero-order valence-electron chi connectivity index (χ0n) is 8.96. The molecular formula is C11H13NO3. The summed E-state index contributed by atoms with van der Waals surface area (Å²) < 4.78 is 5.03. The minimum absolute atomic E-state index is 0.167. The Balaban J connectivity index is 3.22. The fourth-order valence-electron chi connectivity index (χ4n) is 1.35. The number of carbonyl (C=O) groups is 2. The van der Waals surface area contributed by atoms with Crippen molar-refractivity contribution in [3.63, 3.8) is 0 Å². The second-order valence-corrected chi connectivity index (χ2v) is 3.15. The maximum Gasteiger partial charge on any atom is 0.221 e. The van der Waals surface area contributed by atoms with E-state index in [1.54, 1.807) is 19.1 Å². The molecule has 1 rings (SSSR count). The minimum Gasteiger partial charge on any atom is -0.496 e. The van der Waals surface area contributed by atoms with Gasteiger partial charge in [0, 0.05) is 12.6 Å². The lowest BCUT2D eigenvalue weighted by Crippen LogP contribution is -2.08. The van der Waals surface area contributed by atoms with Gasteiger partial charge >= 0.3 is 0 Å². The molecule has 0 saturated carbocycles. The van der Waals surface area contributed by atoms with Crippen LogP contribution in [0.2, 0.25) is 0 Å². The average molecular weight is 207 g/mol. The first-order valence-corrected chi connectivity index (χ1v) is 4.50. The van der Waals surface area contributed by atoms with E-state index in [0.717, 1.165) is 6.29 Å². The predicted octanol–water partition coefficient (Wildman–Crippen LogP) is 1.77. The lowest BCUT2D eigenvalue weighted by atomic mass is 10.1. The first kappa shape index (κ1) is 11.2. The molecule has 0 unspecified atom stereocenters. The number of anilines is 1. The molecule has 0 bridgehead atoms. The summed E-state index contributed by atoms with van der Waals surface area (Å²) >= 11 is 0. The molecule has 1 aromatic rings. The molecule has 0 aliphatic heterocycles. The topological polar surface area (TPSA) is 55.4 Å². The lowest BCUT2D eigenvalue weighted by Gasteiger charge is -2.11. The van der Waals surface area contributed by atoms with Crippen LogP contribution in [0.5, 0.6) is 5.75 Å². The molecule has 4 nitrogen and oxygen atoms in total. The van der Waals surface area contributed by atoms with Crippen LogP contribution in [0.25, 0.3) is 0 Å². The molecule has 0 aliphatic rings. The lowest BCUT2D eigenvalue weighted by molar-refractivity contribution is -0.114. The number of carbonyl (C=O) groups excluding carboxylic acids is 2. The number of hydrogen-bond donors (Lipinski definition) is 1. The molecule has 15 heavy (non-hydrogen) atoms. The van der Waals surface area contributed by atoms with Crippen molar-refractivity contribution in [1.82, 2.24) is 0 Å². The first-order chi connectivity index (χ1) is 7.10. The Kier molecular flexibility index (Phi) is 3.44. The third-order valence-electron chi connectivity index (χ3n) is 2.12. The monoisotopic (exact) mass is 207 g/mol. The standard InChI is InChI=1S/C11H13NO3/c1-7-9(6-13)11(15-3)5-4-10(7)12-8(2)14/h4-6H,1-3H3,(H,12,14). The summed E-state index contributed by atoms with van der Waals surface area (Å²) in [4.78, 5) is 21.7. The fourth-order valence-corrected chi connectivity index (χ4v) is 1.35. The molecule has 0 atom stereocenters. The average Bonchev–Trinajstić information content (AvgIpc) is 2.20. The van der Waals surface area contributed by atoms with Gasteiger partial charge in [-0.15, -0.1) is 0 Å². The van der Waals surface area contributed by atoms with Crippen LogP contribution in [0.15, 0.2) is 12.1 Å². The zero-order chi connectivity index (χ0) is 11.4. The largest absolute Gasteiger partial charge is 0.496 e.